The summed E-state index contributed by atoms with van der Waals surface area (Å²) in [7, 11) is 0. The number of nitrogens with one attached hydrogen (secondary N) is 1. The quantitative estimate of drug-likeness (QED) is 0.844. The molecule has 1 aliphatic heterocycles. The molecule has 2 heteroatoms. The van der Waals surface area contributed by atoms with Crippen molar-refractivity contribution in [3.05, 3.63) is 70.8 Å². The van der Waals surface area contributed by atoms with Gasteiger partial charge in [-0.05, 0) is 23.6 Å². The summed E-state index contributed by atoms with van der Waals surface area (Å²) in [6.45, 7) is 2.53. The van der Waals surface area contributed by atoms with E-state index in [1.165, 1.54) is 16.7 Å². The summed E-state index contributed by atoms with van der Waals surface area (Å²) >= 11 is 0. The largest absolute Gasteiger partial charge is 0.299 e. The first-order valence-corrected chi connectivity index (χ1v) is 6.63. The van der Waals surface area contributed by atoms with Gasteiger partial charge in [0.25, 0.3) is 0 Å². The highest BCUT2D eigenvalue weighted by Crippen LogP contribution is 2.28. The molecule has 0 saturated heterocycles. The maximum absolute atomic E-state index is 11.8. The van der Waals surface area contributed by atoms with E-state index in [0.29, 0.717) is 13.0 Å². The normalized spacial score (nSPS) is 18.8. The van der Waals surface area contributed by atoms with Gasteiger partial charge >= 0.3 is 0 Å². The number of rotatable bonds is 1. The summed E-state index contributed by atoms with van der Waals surface area (Å²) in [5, 5.41) is 3.38. The minimum atomic E-state index is 0.113. The van der Waals surface area contributed by atoms with E-state index >= 15 is 0 Å². The second-order valence-electron chi connectivity index (χ2n) is 5.14. The van der Waals surface area contributed by atoms with Crippen LogP contribution in [-0.2, 0) is 11.2 Å². The molecule has 19 heavy (non-hydrogen) atoms. The molecular formula is C17H17NO. The van der Waals surface area contributed by atoms with Crippen LogP contribution >= 0.6 is 0 Å². The average Bonchev–Trinajstić information content (AvgIpc) is 2.58. The second kappa shape index (κ2) is 4.98. The summed E-state index contributed by atoms with van der Waals surface area (Å²) in [5.41, 5.74) is 4.83. The Morgan fingerprint density at radius 2 is 1.89 bits per heavy atom. The van der Waals surface area contributed by atoms with Crippen molar-refractivity contribution in [3.63, 3.8) is 0 Å². The molecule has 1 unspecified atom stereocenters. The molecule has 2 aromatic carbocycles. The Kier molecular flexibility index (Phi) is 3.18. The first-order chi connectivity index (χ1) is 9.24. The number of carbonyl (C=O) groups excluding carboxylic acids is 1. The molecule has 0 fully saturated rings. The minimum absolute atomic E-state index is 0.113. The van der Waals surface area contributed by atoms with E-state index in [-0.39, 0.29) is 11.8 Å². The molecular weight excluding hydrogens is 234 g/mol. The van der Waals surface area contributed by atoms with Crippen molar-refractivity contribution in [2.75, 3.05) is 6.54 Å². The van der Waals surface area contributed by atoms with Gasteiger partial charge in [-0.15, -0.1) is 0 Å². The lowest BCUT2D eigenvalue weighted by Gasteiger charge is -2.19. The van der Waals surface area contributed by atoms with E-state index in [0.717, 1.165) is 5.56 Å². The average molecular weight is 251 g/mol. The van der Waals surface area contributed by atoms with Crippen LogP contribution in [0.5, 0.6) is 0 Å². The maximum Gasteiger partial charge on any atom is 0.151 e. The summed E-state index contributed by atoms with van der Waals surface area (Å²) < 4.78 is 0. The zero-order valence-corrected chi connectivity index (χ0v) is 11.0. The SMILES string of the molecule is Cc1ccc2c(c1)C(c1ccccc1)NCC(=O)C2. The van der Waals surface area contributed by atoms with Crippen LogP contribution in [-0.4, -0.2) is 12.3 Å². The van der Waals surface area contributed by atoms with Crippen molar-refractivity contribution in [3.8, 4) is 0 Å². The summed E-state index contributed by atoms with van der Waals surface area (Å²) in [6.07, 6.45) is 0.534. The number of aryl methyl sites for hydroxylation is 1. The summed E-state index contributed by atoms with van der Waals surface area (Å²) in [6, 6.07) is 16.8. The van der Waals surface area contributed by atoms with Crippen molar-refractivity contribution in [1.29, 1.82) is 0 Å². The van der Waals surface area contributed by atoms with E-state index in [1.54, 1.807) is 0 Å². The van der Waals surface area contributed by atoms with Crippen molar-refractivity contribution in [1.82, 2.24) is 5.32 Å². The van der Waals surface area contributed by atoms with Crippen molar-refractivity contribution < 1.29 is 4.79 Å². The topological polar surface area (TPSA) is 29.1 Å². The Bertz CT molecular complexity index is 604. The van der Waals surface area contributed by atoms with Gasteiger partial charge in [-0.2, -0.15) is 0 Å². The van der Waals surface area contributed by atoms with Crippen LogP contribution in [0.25, 0.3) is 0 Å². The standard InChI is InChI=1S/C17H17NO/c1-12-7-8-14-10-15(19)11-18-17(16(14)9-12)13-5-3-2-4-6-13/h2-9,17-18H,10-11H2,1H3. The third kappa shape index (κ3) is 2.45. The molecule has 1 N–H and O–H groups in total. The fourth-order valence-corrected chi connectivity index (χ4v) is 2.69. The zero-order valence-electron chi connectivity index (χ0n) is 11.0. The van der Waals surface area contributed by atoms with Crippen LogP contribution in [0.15, 0.2) is 48.5 Å². The van der Waals surface area contributed by atoms with E-state index < -0.39 is 0 Å². The Hall–Kier alpha value is -1.93. The molecule has 0 bridgehead atoms. The van der Waals surface area contributed by atoms with Gasteiger partial charge in [0.05, 0.1) is 12.6 Å². The Morgan fingerprint density at radius 3 is 2.68 bits per heavy atom. The van der Waals surface area contributed by atoms with Gasteiger partial charge < -0.3 is 0 Å². The molecule has 0 amide bonds. The maximum atomic E-state index is 11.8. The van der Waals surface area contributed by atoms with E-state index in [1.807, 2.05) is 18.2 Å². The van der Waals surface area contributed by atoms with Gasteiger partial charge in [-0.25, -0.2) is 0 Å². The number of ketones is 1. The molecule has 0 saturated carbocycles. The van der Waals surface area contributed by atoms with E-state index in [4.69, 9.17) is 0 Å². The molecule has 3 rings (SSSR count). The third-order valence-corrected chi connectivity index (χ3v) is 3.64. The van der Waals surface area contributed by atoms with Crippen LogP contribution in [0.1, 0.15) is 28.3 Å². The predicted octanol–water partition coefficient (Wildman–Crippen LogP) is 2.80. The highest BCUT2D eigenvalue weighted by atomic mass is 16.1. The molecule has 0 radical (unpaired) electrons. The van der Waals surface area contributed by atoms with Gasteiger partial charge in [0.2, 0.25) is 0 Å². The number of hydrogen-bond donors (Lipinski definition) is 1. The summed E-state index contributed by atoms with van der Waals surface area (Å²) in [4.78, 5) is 11.8. The minimum Gasteiger partial charge on any atom is -0.299 e. The van der Waals surface area contributed by atoms with Crippen LogP contribution in [0.2, 0.25) is 0 Å². The number of carbonyl (C=O) groups is 1. The molecule has 2 aromatic rings. The smallest absolute Gasteiger partial charge is 0.151 e. The van der Waals surface area contributed by atoms with Crippen molar-refractivity contribution >= 4 is 5.78 Å². The molecule has 0 aromatic heterocycles. The predicted molar refractivity (Wildman–Crippen MR) is 76.2 cm³/mol. The van der Waals surface area contributed by atoms with Gasteiger partial charge in [0.1, 0.15) is 0 Å². The molecule has 0 spiro atoms. The third-order valence-electron chi connectivity index (χ3n) is 3.64. The summed E-state index contributed by atoms with van der Waals surface area (Å²) in [5.74, 6) is 0.253. The number of hydrogen-bond acceptors (Lipinski definition) is 2. The number of benzene rings is 2. The Balaban J connectivity index is 2.11. The molecule has 1 atom stereocenters. The van der Waals surface area contributed by atoms with E-state index in [9.17, 15) is 4.79 Å². The fraction of sp³-hybridized carbons (Fsp3) is 0.235. The zero-order chi connectivity index (χ0) is 13.2. The van der Waals surface area contributed by atoms with Gasteiger partial charge in [-0.1, -0.05) is 54.1 Å². The number of fused-ring (bicyclic) bond motifs is 1. The second-order valence-corrected chi connectivity index (χ2v) is 5.14. The van der Waals surface area contributed by atoms with Crippen LogP contribution in [0.3, 0.4) is 0 Å². The highest BCUT2D eigenvalue weighted by molar-refractivity contribution is 5.84. The monoisotopic (exact) mass is 251 g/mol. The van der Waals surface area contributed by atoms with Crippen LogP contribution in [0.4, 0.5) is 0 Å². The van der Waals surface area contributed by atoms with Crippen LogP contribution in [0, 0.1) is 6.92 Å². The molecule has 1 aliphatic rings. The highest BCUT2D eigenvalue weighted by Gasteiger charge is 2.22. The van der Waals surface area contributed by atoms with Crippen molar-refractivity contribution in [2.45, 2.75) is 19.4 Å². The molecule has 2 nitrogen and oxygen atoms in total. The van der Waals surface area contributed by atoms with Gasteiger partial charge in [0, 0.05) is 6.42 Å². The first kappa shape index (κ1) is 12.1. The fourth-order valence-electron chi connectivity index (χ4n) is 2.69. The first-order valence-electron chi connectivity index (χ1n) is 6.63. The molecule has 1 heterocycles. The molecule has 0 aliphatic carbocycles. The Labute approximate surface area is 113 Å². The van der Waals surface area contributed by atoms with Crippen LogP contribution < -0.4 is 5.32 Å². The lowest BCUT2D eigenvalue weighted by atomic mass is 9.92. The van der Waals surface area contributed by atoms with Gasteiger partial charge in [-0.3, -0.25) is 10.1 Å². The lowest BCUT2D eigenvalue weighted by molar-refractivity contribution is -0.117. The molecule has 96 valence electrons. The Morgan fingerprint density at radius 1 is 1.11 bits per heavy atom. The van der Waals surface area contributed by atoms with Crippen molar-refractivity contribution in [2.24, 2.45) is 0 Å². The lowest BCUT2D eigenvalue weighted by Crippen LogP contribution is -2.25. The number of Topliss-reactive ketones (excluding diaryl/α,β-unsaturated/α-hetero) is 1. The van der Waals surface area contributed by atoms with Gasteiger partial charge in [0.15, 0.2) is 5.78 Å². The van der Waals surface area contributed by atoms with E-state index in [2.05, 4.69) is 42.6 Å².